The molecule has 10 nitrogen and oxygen atoms in total. The first-order valence-electron chi connectivity index (χ1n) is 12.3. The van der Waals surface area contributed by atoms with Gasteiger partial charge in [-0.05, 0) is 62.0 Å². The highest BCUT2D eigenvalue weighted by Crippen LogP contribution is 2.31. The zero-order valence-corrected chi connectivity index (χ0v) is 21.8. The number of halogens is 1. The fourth-order valence-electron chi connectivity index (χ4n) is 4.95. The fraction of sp³-hybridized carbons (Fsp3) is 0.269. The molecule has 5 aromatic rings. The number of hydrogen-bond acceptors (Lipinski definition) is 7. The van der Waals surface area contributed by atoms with Crippen LogP contribution in [0.4, 0.5) is 15.9 Å². The first-order valence-corrected chi connectivity index (χ1v) is 12.7. The van der Waals surface area contributed by atoms with Gasteiger partial charge in [0.15, 0.2) is 5.65 Å². The monoisotopic (exact) mass is 531 g/mol. The van der Waals surface area contributed by atoms with E-state index in [4.69, 9.17) is 17.3 Å². The summed E-state index contributed by atoms with van der Waals surface area (Å²) in [5.74, 6) is 0.323. The molecule has 6 rings (SSSR count). The van der Waals surface area contributed by atoms with Gasteiger partial charge in [0.05, 0.1) is 23.7 Å². The summed E-state index contributed by atoms with van der Waals surface area (Å²) < 4.78 is 20.8. The standard InChI is InChI=1S/C26H26FN9OS/c1-32-12-11-21(14-32)36-24-22(25(38)33(2)26(36)37)23(30-19-7-5-18(27)6-8-19)34(31-24)13-17-3-9-20(10-4-17)35-16-28-15-29-35/h3-10,15-16,21,30H,11-14H2,1-2H3. The largest absolute Gasteiger partial charge is 0.340 e. The summed E-state index contributed by atoms with van der Waals surface area (Å²) in [7, 11) is 3.74. The van der Waals surface area contributed by atoms with Gasteiger partial charge in [0.1, 0.15) is 28.9 Å². The molecule has 1 saturated heterocycles. The Kier molecular flexibility index (Phi) is 6.12. The zero-order valence-electron chi connectivity index (χ0n) is 21.0. The number of rotatable bonds is 6. The van der Waals surface area contributed by atoms with Crippen LogP contribution in [-0.4, -0.2) is 58.7 Å². The van der Waals surface area contributed by atoms with Crippen LogP contribution in [0.3, 0.4) is 0 Å². The number of likely N-dealkylation sites (tertiary alicyclic amines) is 1. The topological polar surface area (TPSA) is 90.7 Å². The second-order valence-corrected chi connectivity index (χ2v) is 9.95. The lowest BCUT2D eigenvalue weighted by Gasteiger charge is -2.16. The molecule has 1 atom stereocenters. The number of hydrogen-bond donors (Lipinski definition) is 1. The summed E-state index contributed by atoms with van der Waals surface area (Å²) in [5, 5.41) is 13.2. The third kappa shape index (κ3) is 4.31. The number of aromatic nitrogens is 7. The summed E-state index contributed by atoms with van der Waals surface area (Å²) in [6.07, 6.45) is 3.98. The van der Waals surface area contributed by atoms with Crippen molar-refractivity contribution in [1.82, 2.24) is 38.6 Å². The third-order valence-corrected chi connectivity index (χ3v) is 7.44. The van der Waals surface area contributed by atoms with Gasteiger partial charge in [-0.15, -0.1) is 0 Å². The Labute approximate surface area is 222 Å². The van der Waals surface area contributed by atoms with Gasteiger partial charge in [-0.2, -0.15) is 10.2 Å². The smallest absolute Gasteiger partial charge is 0.330 e. The summed E-state index contributed by atoms with van der Waals surface area (Å²) in [4.78, 5) is 19.6. The van der Waals surface area contributed by atoms with E-state index in [1.54, 1.807) is 34.8 Å². The lowest BCUT2D eigenvalue weighted by molar-refractivity contribution is 0.388. The lowest BCUT2D eigenvalue weighted by Crippen LogP contribution is -2.33. The highest BCUT2D eigenvalue weighted by atomic mass is 32.1. The van der Waals surface area contributed by atoms with E-state index in [-0.39, 0.29) is 17.5 Å². The normalized spacial score (nSPS) is 15.9. The first-order chi connectivity index (χ1) is 18.4. The average Bonchev–Trinajstić information content (AvgIpc) is 3.67. The van der Waals surface area contributed by atoms with E-state index in [1.807, 2.05) is 36.0 Å². The predicted octanol–water partition coefficient (Wildman–Crippen LogP) is 3.65. The molecule has 4 heterocycles. The molecule has 2 aromatic carbocycles. The van der Waals surface area contributed by atoms with Crippen molar-refractivity contribution in [2.24, 2.45) is 7.05 Å². The summed E-state index contributed by atoms with van der Waals surface area (Å²) in [6, 6.07) is 14.0. The molecule has 12 heteroatoms. The maximum absolute atomic E-state index is 13.6. The molecular weight excluding hydrogens is 505 g/mol. The summed E-state index contributed by atoms with van der Waals surface area (Å²) in [5.41, 5.74) is 2.93. The third-order valence-electron chi connectivity index (χ3n) is 6.96. The molecule has 38 heavy (non-hydrogen) atoms. The van der Waals surface area contributed by atoms with Gasteiger partial charge in [-0.25, -0.2) is 23.5 Å². The molecule has 1 aliphatic heterocycles. The van der Waals surface area contributed by atoms with E-state index in [0.717, 1.165) is 30.8 Å². The molecule has 0 saturated carbocycles. The van der Waals surface area contributed by atoms with Crippen molar-refractivity contribution >= 4 is 34.8 Å². The van der Waals surface area contributed by atoms with Crippen LogP contribution in [0, 0.1) is 10.5 Å². The van der Waals surface area contributed by atoms with Crippen LogP contribution < -0.4 is 11.0 Å². The molecule has 1 fully saturated rings. The molecule has 1 unspecified atom stereocenters. The summed E-state index contributed by atoms with van der Waals surface area (Å²) in [6.45, 7) is 2.08. The SMILES string of the molecule is CN1CCC(n2c(=O)n(C)c(=S)c3c(Nc4ccc(F)cc4)n(Cc4ccc(-n5cncn5)cc4)nc32)C1. The van der Waals surface area contributed by atoms with E-state index in [0.29, 0.717) is 33.7 Å². The van der Waals surface area contributed by atoms with Gasteiger partial charge in [0.2, 0.25) is 0 Å². The highest BCUT2D eigenvalue weighted by Gasteiger charge is 2.28. The van der Waals surface area contributed by atoms with Crippen LogP contribution >= 0.6 is 12.2 Å². The molecule has 3 aromatic heterocycles. The Morgan fingerprint density at radius 2 is 1.87 bits per heavy atom. The van der Waals surface area contributed by atoms with E-state index in [9.17, 15) is 9.18 Å². The van der Waals surface area contributed by atoms with Crippen molar-refractivity contribution in [2.45, 2.75) is 19.0 Å². The number of nitrogens with one attached hydrogen (secondary N) is 1. The van der Waals surface area contributed by atoms with Crippen molar-refractivity contribution in [3.05, 3.63) is 87.7 Å². The lowest BCUT2D eigenvalue weighted by atomic mass is 10.2. The second kappa shape index (κ2) is 9.62. The Morgan fingerprint density at radius 3 is 2.53 bits per heavy atom. The van der Waals surface area contributed by atoms with E-state index in [2.05, 4.69) is 20.3 Å². The van der Waals surface area contributed by atoms with Crippen molar-refractivity contribution in [3.8, 4) is 5.69 Å². The van der Waals surface area contributed by atoms with Crippen molar-refractivity contribution < 1.29 is 4.39 Å². The van der Waals surface area contributed by atoms with Gasteiger partial charge in [0, 0.05) is 19.3 Å². The van der Waals surface area contributed by atoms with Crippen LogP contribution in [-0.2, 0) is 13.6 Å². The van der Waals surface area contributed by atoms with Crippen LogP contribution in [0.15, 0.2) is 66.0 Å². The van der Waals surface area contributed by atoms with Gasteiger partial charge >= 0.3 is 5.69 Å². The van der Waals surface area contributed by atoms with Gasteiger partial charge in [0.25, 0.3) is 0 Å². The molecule has 0 bridgehead atoms. The number of likely N-dealkylation sites (N-methyl/N-ethyl adjacent to an activating group) is 1. The molecule has 0 radical (unpaired) electrons. The van der Waals surface area contributed by atoms with Crippen LogP contribution in [0.1, 0.15) is 18.0 Å². The van der Waals surface area contributed by atoms with Crippen molar-refractivity contribution in [1.29, 1.82) is 0 Å². The Balaban J connectivity index is 1.50. The molecule has 1 N–H and O–H groups in total. The zero-order chi connectivity index (χ0) is 26.4. The number of fused-ring (bicyclic) bond motifs is 1. The van der Waals surface area contributed by atoms with Crippen molar-refractivity contribution in [2.75, 3.05) is 25.5 Å². The molecule has 0 aliphatic carbocycles. The Morgan fingerprint density at radius 1 is 1.11 bits per heavy atom. The van der Waals surface area contributed by atoms with Crippen molar-refractivity contribution in [3.63, 3.8) is 0 Å². The van der Waals surface area contributed by atoms with Gasteiger partial charge in [-0.1, -0.05) is 24.4 Å². The molecule has 0 amide bonds. The molecule has 194 valence electrons. The summed E-state index contributed by atoms with van der Waals surface area (Å²) >= 11 is 5.78. The van der Waals surface area contributed by atoms with Gasteiger partial charge in [-0.3, -0.25) is 9.13 Å². The minimum atomic E-state index is -0.323. The van der Waals surface area contributed by atoms with E-state index < -0.39 is 0 Å². The minimum Gasteiger partial charge on any atom is -0.340 e. The minimum absolute atomic E-state index is 0.0132. The number of anilines is 2. The van der Waals surface area contributed by atoms with Crippen LogP contribution in [0.5, 0.6) is 0 Å². The molecule has 1 aliphatic rings. The maximum atomic E-state index is 13.6. The first kappa shape index (κ1) is 24.2. The highest BCUT2D eigenvalue weighted by molar-refractivity contribution is 7.71. The molecular formula is C26H26FN9OS. The fourth-order valence-corrected chi connectivity index (χ4v) is 5.22. The van der Waals surface area contributed by atoms with Crippen LogP contribution in [0.2, 0.25) is 0 Å². The number of nitrogens with zero attached hydrogens (tertiary/aromatic N) is 8. The average molecular weight is 532 g/mol. The van der Waals surface area contributed by atoms with Crippen LogP contribution in [0.25, 0.3) is 16.7 Å². The second-order valence-electron chi connectivity index (χ2n) is 9.56. The quantitative estimate of drug-likeness (QED) is 0.335. The predicted molar refractivity (Wildman–Crippen MR) is 145 cm³/mol. The Hall–Kier alpha value is -4.16. The number of benzene rings is 2. The molecule has 0 spiro atoms. The van der Waals surface area contributed by atoms with Gasteiger partial charge < -0.3 is 10.2 Å². The Bertz CT molecular complexity index is 1720. The van der Waals surface area contributed by atoms with E-state index >= 15 is 0 Å². The van der Waals surface area contributed by atoms with E-state index in [1.165, 1.54) is 23.0 Å². The maximum Gasteiger partial charge on any atom is 0.330 e.